The molecular formula is C22H24FN5O2. The van der Waals surface area contributed by atoms with Gasteiger partial charge in [-0.1, -0.05) is 18.2 Å². The Morgan fingerprint density at radius 1 is 1.17 bits per heavy atom. The number of carbonyl (C=O) groups excluding carboxylic acids is 1. The van der Waals surface area contributed by atoms with Gasteiger partial charge in [-0.15, -0.1) is 0 Å². The number of halogens is 1. The molecule has 1 unspecified atom stereocenters. The Labute approximate surface area is 174 Å². The first-order chi connectivity index (χ1) is 14.5. The van der Waals surface area contributed by atoms with Gasteiger partial charge >= 0.3 is 6.03 Å². The summed E-state index contributed by atoms with van der Waals surface area (Å²) in [6, 6.07) is 14.3. The number of carbonyl (C=O) groups is 1. The van der Waals surface area contributed by atoms with Gasteiger partial charge in [0.25, 0.3) is 0 Å². The van der Waals surface area contributed by atoms with Crippen molar-refractivity contribution in [2.75, 3.05) is 29.3 Å². The smallest absolute Gasteiger partial charge is 0.332 e. The van der Waals surface area contributed by atoms with Crippen LogP contribution in [0.2, 0.25) is 0 Å². The zero-order valence-electron chi connectivity index (χ0n) is 17.1. The molecule has 0 fully saturated rings. The van der Waals surface area contributed by atoms with Crippen LogP contribution >= 0.6 is 0 Å². The second kappa shape index (κ2) is 9.80. The summed E-state index contributed by atoms with van der Waals surface area (Å²) in [5.41, 5.74) is 2.07. The maximum absolute atomic E-state index is 13.5. The highest BCUT2D eigenvalue weighted by Crippen LogP contribution is 2.26. The van der Waals surface area contributed by atoms with Gasteiger partial charge in [0.2, 0.25) is 5.95 Å². The van der Waals surface area contributed by atoms with Crippen molar-refractivity contribution in [3.63, 3.8) is 0 Å². The zero-order valence-corrected chi connectivity index (χ0v) is 17.1. The van der Waals surface area contributed by atoms with E-state index in [0.717, 1.165) is 5.56 Å². The predicted molar refractivity (Wildman–Crippen MR) is 116 cm³/mol. The highest BCUT2D eigenvalue weighted by molar-refractivity contribution is 6.06. The lowest BCUT2D eigenvalue weighted by Crippen LogP contribution is -2.32. The van der Waals surface area contributed by atoms with E-state index in [1.165, 1.54) is 29.2 Å². The highest BCUT2D eigenvalue weighted by Gasteiger charge is 2.21. The number of ether oxygens (including phenoxy) is 1. The Hall–Kier alpha value is -3.52. The summed E-state index contributed by atoms with van der Waals surface area (Å²) < 4.78 is 18.6. The number of anilines is 4. The highest BCUT2D eigenvalue weighted by atomic mass is 19.1. The summed E-state index contributed by atoms with van der Waals surface area (Å²) in [5.74, 6) is 0.305. The zero-order chi connectivity index (χ0) is 21.5. The summed E-state index contributed by atoms with van der Waals surface area (Å²) in [6.07, 6.45) is 1.56. The van der Waals surface area contributed by atoms with E-state index in [1.54, 1.807) is 19.4 Å². The number of para-hydroxylation sites is 1. The molecule has 0 saturated heterocycles. The molecule has 30 heavy (non-hydrogen) atoms. The summed E-state index contributed by atoms with van der Waals surface area (Å²) >= 11 is 0. The molecule has 0 spiro atoms. The van der Waals surface area contributed by atoms with Crippen LogP contribution in [0.3, 0.4) is 0 Å². The topological polar surface area (TPSA) is 79.4 Å². The van der Waals surface area contributed by atoms with Crippen LogP contribution in [-0.2, 0) is 4.74 Å². The molecule has 0 saturated carbocycles. The van der Waals surface area contributed by atoms with Gasteiger partial charge in [0, 0.05) is 31.1 Å². The fourth-order valence-corrected chi connectivity index (χ4v) is 2.88. The number of amides is 2. The van der Waals surface area contributed by atoms with E-state index in [4.69, 9.17) is 4.74 Å². The third kappa shape index (κ3) is 5.30. The van der Waals surface area contributed by atoms with E-state index in [2.05, 4.69) is 20.6 Å². The van der Waals surface area contributed by atoms with E-state index < -0.39 is 11.8 Å². The molecule has 0 aliphatic rings. The van der Waals surface area contributed by atoms with Gasteiger partial charge in [-0.05, 0) is 49.7 Å². The molecule has 2 N–H and O–H groups in total. The van der Waals surface area contributed by atoms with E-state index in [0.29, 0.717) is 29.7 Å². The number of hydrogen-bond acceptors (Lipinski definition) is 5. The van der Waals surface area contributed by atoms with Crippen LogP contribution in [0.4, 0.5) is 32.3 Å². The molecule has 1 atom stereocenters. The van der Waals surface area contributed by atoms with Crippen molar-refractivity contribution in [2.45, 2.75) is 19.9 Å². The first kappa shape index (κ1) is 21.2. The predicted octanol–water partition coefficient (Wildman–Crippen LogP) is 4.74. The fourth-order valence-electron chi connectivity index (χ4n) is 2.88. The van der Waals surface area contributed by atoms with Crippen molar-refractivity contribution in [1.29, 1.82) is 0 Å². The molecule has 3 aromatic rings. The van der Waals surface area contributed by atoms with Crippen molar-refractivity contribution >= 4 is 29.2 Å². The number of nitrogens with one attached hydrogen (secondary N) is 2. The van der Waals surface area contributed by atoms with Crippen LogP contribution in [0.1, 0.15) is 12.5 Å². The van der Waals surface area contributed by atoms with Gasteiger partial charge in [0.05, 0.1) is 12.3 Å². The van der Waals surface area contributed by atoms with Crippen LogP contribution in [0.15, 0.2) is 60.8 Å². The summed E-state index contributed by atoms with van der Waals surface area (Å²) in [4.78, 5) is 23.3. The quantitative estimate of drug-likeness (QED) is 0.589. The summed E-state index contributed by atoms with van der Waals surface area (Å²) in [7, 11) is 1.61. The molecule has 156 valence electrons. The number of methoxy groups -OCH3 is 1. The molecule has 3 rings (SSSR count). The average Bonchev–Trinajstić information content (AvgIpc) is 2.72. The van der Waals surface area contributed by atoms with E-state index in [9.17, 15) is 9.18 Å². The van der Waals surface area contributed by atoms with Crippen molar-refractivity contribution < 1.29 is 13.9 Å². The molecule has 1 aromatic heterocycles. The van der Waals surface area contributed by atoms with Crippen LogP contribution in [0.5, 0.6) is 0 Å². The van der Waals surface area contributed by atoms with Crippen molar-refractivity contribution in [1.82, 2.24) is 9.97 Å². The molecule has 1 heterocycles. The number of benzene rings is 2. The van der Waals surface area contributed by atoms with Gasteiger partial charge < -0.3 is 15.4 Å². The molecule has 2 aromatic carbocycles. The number of aromatic nitrogens is 2. The Kier molecular flexibility index (Phi) is 6.92. The standard InChI is InChI=1S/C22H24FN5O2/c1-15-6-4-5-7-19(15)26-22(29)28(18-10-8-17(23)9-11-18)20-12-13-24-21(27-20)25-16(2)14-30-3/h4-13,16H,14H2,1-3H3,(H,26,29)(H,24,25,27). The number of urea groups is 1. The van der Waals surface area contributed by atoms with Gasteiger partial charge in [-0.3, -0.25) is 0 Å². The number of hydrogen-bond donors (Lipinski definition) is 2. The van der Waals surface area contributed by atoms with Crippen molar-refractivity contribution in [3.8, 4) is 0 Å². The molecule has 0 aliphatic carbocycles. The van der Waals surface area contributed by atoms with Gasteiger partial charge in [-0.25, -0.2) is 19.1 Å². The minimum Gasteiger partial charge on any atom is -0.383 e. The minimum absolute atomic E-state index is 0.0229. The third-order valence-electron chi connectivity index (χ3n) is 4.34. The summed E-state index contributed by atoms with van der Waals surface area (Å²) in [5, 5.41) is 6.03. The molecule has 2 amide bonds. The summed E-state index contributed by atoms with van der Waals surface area (Å²) in [6.45, 7) is 4.31. The first-order valence-electron chi connectivity index (χ1n) is 9.48. The van der Waals surface area contributed by atoms with Crippen molar-refractivity contribution in [2.24, 2.45) is 0 Å². The molecule has 7 nitrogen and oxygen atoms in total. The Bertz CT molecular complexity index is 997. The lowest BCUT2D eigenvalue weighted by atomic mass is 10.2. The van der Waals surface area contributed by atoms with Gasteiger partial charge in [0.15, 0.2) is 0 Å². The Morgan fingerprint density at radius 2 is 1.90 bits per heavy atom. The maximum Gasteiger partial charge on any atom is 0.332 e. The van der Waals surface area contributed by atoms with Crippen LogP contribution in [-0.4, -0.2) is 35.8 Å². The van der Waals surface area contributed by atoms with Crippen LogP contribution < -0.4 is 15.5 Å². The van der Waals surface area contributed by atoms with Crippen molar-refractivity contribution in [3.05, 3.63) is 72.2 Å². The average molecular weight is 409 g/mol. The number of nitrogens with zero attached hydrogens (tertiary/aromatic N) is 3. The van der Waals surface area contributed by atoms with E-state index in [1.807, 2.05) is 38.1 Å². The maximum atomic E-state index is 13.5. The number of rotatable bonds is 7. The Balaban J connectivity index is 1.95. The second-order valence-corrected chi connectivity index (χ2v) is 6.80. The van der Waals surface area contributed by atoms with Gasteiger partial charge in [0.1, 0.15) is 11.6 Å². The van der Waals surface area contributed by atoms with E-state index >= 15 is 0 Å². The normalized spacial score (nSPS) is 11.6. The largest absolute Gasteiger partial charge is 0.383 e. The van der Waals surface area contributed by atoms with Crippen LogP contribution in [0, 0.1) is 12.7 Å². The molecule has 0 aliphatic heterocycles. The molecule has 8 heteroatoms. The monoisotopic (exact) mass is 409 g/mol. The SMILES string of the molecule is COCC(C)Nc1nccc(N(C(=O)Nc2ccccc2C)c2ccc(F)cc2)n1. The van der Waals surface area contributed by atoms with Gasteiger partial charge in [-0.2, -0.15) is 4.98 Å². The fraction of sp³-hybridized carbons (Fsp3) is 0.227. The molecular weight excluding hydrogens is 385 g/mol. The molecule has 0 bridgehead atoms. The lowest BCUT2D eigenvalue weighted by Gasteiger charge is -2.23. The van der Waals surface area contributed by atoms with Crippen LogP contribution in [0.25, 0.3) is 0 Å². The first-order valence-corrected chi connectivity index (χ1v) is 9.48. The number of aryl methyl sites for hydroxylation is 1. The molecule has 0 radical (unpaired) electrons. The van der Waals surface area contributed by atoms with E-state index in [-0.39, 0.29) is 6.04 Å². The lowest BCUT2D eigenvalue weighted by molar-refractivity contribution is 0.190. The Morgan fingerprint density at radius 3 is 2.60 bits per heavy atom. The third-order valence-corrected chi connectivity index (χ3v) is 4.34. The second-order valence-electron chi connectivity index (χ2n) is 6.80. The minimum atomic E-state index is -0.425.